The van der Waals surface area contributed by atoms with Gasteiger partial charge >= 0.3 is 5.97 Å². The molecule has 0 fully saturated rings. The fourth-order valence-corrected chi connectivity index (χ4v) is 5.08. The van der Waals surface area contributed by atoms with Crippen molar-refractivity contribution in [1.82, 2.24) is 0 Å². The molecule has 7 heteroatoms. The minimum absolute atomic E-state index is 0.253. The zero-order chi connectivity index (χ0) is 10.9. The molecule has 78 valence electrons. The van der Waals surface area contributed by atoms with Crippen LogP contribution in [0, 0.1) is 0 Å². The maximum absolute atomic E-state index is 10.7. The molecule has 2 nitrogen and oxygen atoms in total. The van der Waals surface area contributed by atoms with Crippen LogP contribution >= 0.6 is 75.1 Å². The molecule has 0 aliphatic carbocycles. The fourth-order valence-electron chi connectivity index (χ4n) is 0.824. The average molecular weight is 472 g/mol. The lowest BCUT2D eigenvalue weighted by Crippen LogP contribution is -2.17. The first-order valence-corrected chi connectivity index (χ1v) is 7.62. The van der Waals surface area contributed by atoms with E-state index >= 15 is 0 Å². The fraction of sp³-hybridized carbons (Fsp3) is 0.286. The van der Waals surface area contributed by atoms with Crippen molar-refractivity contribution in [3.8, 4) is 0 Å². The van der Waals surface area contributed by atoms with Gasteiger partial charge in [0.1, 0.15) is 4.83 Å². The van der Waals surface area contributed by atoms with Crippen LogP contribution in [0.5, 0.6) is 0 Å². The predicted molar refractivity (Wildman–Crippen MR) is 71.7 cm³/mol. The lowest BCUT2D eigenvalue weighted by Gasteiger charge is -2.11. The average Bonchev–Trinajstić information content (AvgIpc) is 2.42. The second-order valence-electron chi connectivity index (χ2n) is 2.42. The summed E-state index contributed by atoms with van der Waals surface area (Å²) in [7, 11) is 0. The zero-order valence-electron chi connectivity index (χ0n) is 6.51. The summed E-state index contributed by atoms with van der Waals surface area (Å²) in [4.78, 5) is 9.84. The maximum Gasteiger partial charge on any atom is 0.318 e. The summed E-state index contributed by atoms with van der Waals surface area (Å²) in [5, 5.41) is 8.81. The second-order valence-corrected chi connectivity index (χ2v) is 8.14. The molecule has 1 heterocycles. The normalized spacial score (nSPS) is 15.1. The Morgan fingerprint density at radius 3 is 2.36 bits per heavy atom. The van der Waals surface area contributed by atoms with Gasteiger partial charge in [-0.25, -0.2) is 0 Å². The molecule has 0 bridgehead atoms. The van der Waals surface area contributed by atoms with Crippen LogP contribution in [0.3, 0.4) is 0 Å². The van der Waals surface area contributed by atoms with E-state index in [9.17, 15) is 4.79 Å². The molecule has 0 amide bonds. The molecule has 0 aliphatic heterocycles. The van der Waals surface area contributed by atoms with Crippen molar-refractivity contribution in [3.63, 3.8) is 0 Å². The number of halogens is 4. The van der Waals surface area contributed by atoms with Gasteiger partial charge in [0.25, 0.3) is 0 Å². The van der Waals surface area contributed by atoms with Gasteiger partial charge in [0.2, 0.25) is 0 Å². The number of hydrogen-bond donors (Lipinski definition) is 1. The van der Waals surface area contributed by atoms with Crippen molar-refractivity contribution in [2.75, 3.05) is 0 Å². The molecular formula is C7H4Br4O2S. The van der Waals surface area contributed by atoms with Crippen molar-refractivity contribution in [3.05, 3.63) is 19.2 Å². The van der Waals surface area contributed by atoms with E-state index in [2.05, 4.69) is 63.7 Å². The van der Waals surface area contributed by atoms with Crippen LogP contribution in [-0.4, -0.2) is 15.9 Å². The molecule has 0 saturated heterocycles. The molecule has 0 saturated carbocycles. The number of carboxylic acids is 1. The van der Waals surface area contributed by atoms with E-state index in [1.54, 1.807) is 0 Å². The standard InChI is InChI=1S/C7H4Br4O2S/c8-3-1-2(6(11)14-3)4(9)5(10)7(12)13/h1,4-5H,(H,12,13). The second kappa shape index (κ2) is 5.43. The van der Waals surface area contributed by atoms with E-state index in [0.29, 0.717) is 0 Å². The van der Waals surface area contributed by atoms with Gasteiger partial charge in [0, 0.05) is 0 Å². The Morgan fingerprint density at radius 2 is 2.00 bits per heavy atom. The van der Waals surface area contributed by atoms with Gasteiger partial charge in [0.15, 0.2) is 0 Å². The van der Waals surface area contributed by atoms with Crippen LogP contribution in [0.15, 0.2) is 13.6 Å². The summed E-state index contributed by atoms with van der Waals surface area (Å²) in [6.07, 6.45) is 0. The molecular weight excluding hydrogens is 468 g/mol. The largest absolute Gasteiger partial charge is 0.480 e. The third kappa shape index (κ3) is 3.04. The first kappa shape index (κ1) is 13.2. The highest BCUT2D eigenvalue weighted by Crippen LogP contribution is 2.41. The number of rotatable bonds is 3. The summed E-state index contributed by atoms with van der Waals surface area (Å²) < 4.78 is 1.89. The molecule has 1 aromatic heterocycles. The molecule has 2 unspecified atom stereocenters. The van der Waals surface area contributed by atoms with E-state index in [4.69, 9.17) is 5.11 Å². The van der Waals surface area contributed by atoms with Gasteiger partial charge in [-0.3, -0.25) is 4.79 Å². The highest BCUT2D eigenvalue weighted by Gasteiger charge is 2.27. The molecule has 1 N–H and O–H groups in total. The highest BCUT2D eigenvalue weighted by molar-refractivity contribution is 9.13. The van der Waals surface area contributed by atoms with Crippen molar-refractivity contribution in [2.45, 2.75) is 9.65 Å². The van der Waals surface area contributed by atoms with Crippen molar-refractivity contribution in [2.24, 2.45) is 0 Å². The van der Waals surface area contributed by atoms with Crippen LogP contribution in [0.25, 0.3) is 0 Å². The van der Waals surface area contributed by atoms with Crippen LogP contribution in [0.1, 0.15) is 10.4 Å². The SMILES string of the molecule is O=C(O)C(Br)C(Br)c1cc(Br)sc1Br. The molecule has 14 heavy (non-hydrogen) atoms. The summed E-state index contributed by atoms with van der Waals surface area (Å²) in [5.41, 5.74) is 0.922. The molecule has 0 spiro atoms. The van der Waals surface area contributed by atoms with Crippen molar-refractivity contribution >= 4 is 81.0 Å². The maximum atomic E-state index is 10.7. The van der Waals surface area contributed by atoms with E-state index in [1.165, 1.54) is 11.3 Å². The van der Waals surface area contributed by atoms with Gasteiger partial charge in [-0.1, -0.05) is 31.9 Å². The minimum Gasteiger partial charge on any atom is -0.480 e. The number of carboxylic acid groups (broad SMARTS) is 1. The first-order chi connectivity index (χ1) is 6.43. The van der Waals surface area contributed by atoms with Crippen LogP contribution in [0.2, 0.25) is 0 Å². The van der Waals surface area contributed by atoms with Crippen LogP contribution in [-0.2, 0) is 4.79 Å². The smallest absolute Gasteiger partial charge is 0.318 e. The minimum atomic E-state index is -0.888. The Labute approximate surface area is 119 Å². The molecule has 1 aromatic rings. The van der Waals surface area contributed by atoms with Crippen molar-refractivity contribution in [1.29, 1.82) is 0 Å². The van der Waals surface area contributed by atoms with E-state index in [-0.39, 0.29) is 4.83 Å². The molecule has 0 aliphatic rings. The third-order valence-corrected chi connectivity index (χ3v) is 6.51. The summed E-state index contributed by atoms with van der Waals surface area (Å²) >= 11 is 14.7. The third-order valence-electron chi connectivity index (χ3n) is 1.47. The van der Waals surface area contributed by atoms with E-state index in [1.807, 2.05) is 6.07 Å². The Morgan fingerprint density at radius 1 is 1.43 bits per heavy atom. The summed E-state index contributed by atoms with van der Waals surface area (Å²) in [6, 6.07) is 1.89. The van der Waals surface area contributed by atoms with Gasteiger partial charge in [0.05, 0.1) is 12.4 Å². The van der Waals surface area contributed by atoms with Gasteiger partial charge in [-0.2, -0.15) is 0 Å². The van der Waals surface area contributed by atoms with Gasteiger partial charge in [-0.05, 0) is 43.5 Å². The Balaban J connectivity index is 2.94. The molecule has 2 atom stereocenters. The quantitative estimate of drug-likeness (QED) is 0.656. The summed E-state index contributed by atoms with van der Waals surface area (Å²) in [6.45, 7) is 0. The monoisotopic (exact) mass is 468 g/mol. The van der Waals surface area contributed by atoms with Gasteiger partial charge < -0.3 is 5.11 Å². The number of hydrogen-bond acceptors (Lipinski definition) is 2. The first-order valence-electron chi connectivity index (χ1n) is 3.39. The number of aliphatic carboxylic acids is 1. The highest BCUT2D eigenvalue weighted by atomic mass is 79.9. The van der Waals surface area contributed by atoms with Crippen LogP contribution < -0.4 is 0 Å². The summed E-state index contributed by atoms with van der Waals surface area (Å²) in [5.74, 6) is -0.888. The predicted octanol–water partition coefficient (Wildman–Crippen LogP) is 4.56. The Kier molecular flexibility index (Phi) is 5.10. The van der Waals surface area contributed by atoms with E-state index in [0.717, 1.165) is 13.1 Å². The molecule has 1 rings (SSSR count). The van der Waals surface area contributed by atoms with E-state index < -0.39 is 10.8 Å². The molecule has 0 radical (unpaired) electrons. The van der Waals surface area contributed by atoms with Crippen LogP contribution in [0.4, 0.5) is 0 Å². The number of carbonyl (C=O) groups is 1. The Hall–Kier alpha value is 1.09. The number of alkyl halides is 2. The lowest BCUT2D eigenvalue weighted by molar-refractivity contribution is -0.136. The lowest BCUT2D eigenvalue weighted by atomic mass is 10.2. The topological polar surface area (TPSA) is 37.3 Å². The zero-order valence-corrected chi connectivity index (χ0v) is 13.7. The Bertz CT molecular complexity index is 351. The number of thiophene rings is 1. The van der Waals surface area contributed by atoms with Gasteiger partial charge in [-0.15, -0.1) is 11.3 Å². The molecule has 0 aromatic carbocycles. The van der Waals surface area contributed by atoms with Crippen molar-refractivity contribution < 1.29 is 9.90 Å².